The molecule has 22 heavy (non-hydrogen) atoms. The number of anilines is 1. The van der Waals surface area contributed by atoms with E-state index in [1.807, 2.05) is 25.1 Å². The van der Waals surface area contributed by atoms with Crippen LogP contribution in [-0.2, 0) is 22.4 Å². The first-order valence-corrected chi connectivity index (χ1v) is 7.95. The summed E-state index contributed by atoms with van der Waals surface area (Å²) in [6, 6.07) is 5.97. The molecular formula is C17H24N2O3. The highest BCUT2D eigenvalue weighted by molar-refractivity contribution is 6.39. The molecule has 0 unspecified atom stereocenters. The van der Waals surface area contributed by atoms with Crippen molar-refractivity contribution in [2.75, 3.05) is 18.4 Å². The lowest BCUT2D eigenvalue weighted by atomic mass is 10.1. The Hall–Kier alpha value is -1.88. The van der Waals surface area contributed by atoms with Gasteiger partial charge >= 0.3 is 11.8 Å². The zero-order valence-corrected chi connectivity index (χ0v) is 13.3. The number of amides is 2. The summed E-state index contributed by atoms with van der Waals surface area (Å²) in [4.78, 5) is 25.9. The summed E-state index contributed by atoms with van der Waals surface area (Å²) >= 11 is 0. The van der Waals surface area contributed by atoms with Gasteiger partial charge < -0.3 is 15.3 Å². The maximum absolute atomic E-state index is 12.2. The third-order valence-corrected chi connectivity index (χ3v) is 4.16. The first-order chi connectivity index (χ1) is 10.5. The first kappa shape index (κ1) is 16.5. The SMILES string of the molecule is CCc1ccc(CC)c(NC(=O)C(=O)N2CCC(O)CC2)c1. The van der Waals surface area contributed by atoms with Crippen LogP contribution in [0.1, 0.15) is 37.8 Å². The molecule has 5 heteroatoms. The van der Waals surface area contributed by atoms with Crippen molar-refractivity contribution in [3.8, 4) is 0 Å². The number of aryl methyl sites for hydroxylation is 2. The van der Waals surface area contributed by atoms with Crippen LogP contribution in [0.3, 0.4) is 0 Å². The van der Waals surface area contributed by atoms with Gasteiger partial charge in [0.1, 0.15) is 0 Å². The molecule has 1 aromatic carbocycles. The van der Waals surface area contributed by atoms with Gasteiger partial charge in [0.25, 0.3) is 0 Å². The minimum atomic E-state index is -0.598. The molecule has 1 saturated heterocycles. The van der Waals surface area contributed by atoms with Crippen LogP contribution in [0.4, 0.5) is 5.69 Å². The number of nitrogens with one attached hydrogen (secondary N) is 1. The molecule has 120 valence electrons. The summed E-state index contributed by atoms with van der Waals surface area (Å²) < 4.78 is 0. The van der Waals surface area contributed by atoms with E-state index in [1.165, 1.54) is 4.90 Å². The van der Waals surface area contributed by atoms with Gasteiger partial charge in [-0.1, -0.05) is 26.0 Å². The van der Waals surface area contributed by atoms with Gasteiger partial charge in [0.05, 0.1) is 6.10 Å². The van der Waals surface area contributed by atoms with Gasteiger partial charge in [0.15, 0.2) is 0 Å². The molecule has 0 aromatic heterocycles. The third kappa shape index (κ3) is 3.85. The number of likely N-dealkylation sites (tertiary alicyclic amines) is 1. The summed E-state index contributed by atoms with van der Waals surface area (Å²) in [5.41, 5.74) is 2.87. The molecule has 1 aliphatic heterocycles. The normalized spacial score (nSPS) is 15.7. The number of aliphatic hydroxyl groups excluding tert-OH is 1. The molecule has 0 spiro atoms. The van der Waals surface area contributed by atoms with E-state index in [2.05, 4.69) is 12.2 Å². The highest BCUT2D eigenvalue weighted by Crippen LogP contribution is 2.19. The van der Waals surface area contributed by atoms with Gasteiger partial charge in [-0.15, -0.1) is 0 Å². The summed E-state index contributed by atoms with van der Waals surface area (Å²) in [6.07, 6.45) is 2.38. The predicted octanol–water partition coefficient (Wildman–Crippen LogP) is 1.73. The molecule has 1 fully saturated rings. The highest BCUT2D eigenvalue weighted by Gasteiger charge is 2.26. The number of hydrogen-bond donors (Lipinski definition) is 2. The second-order valence-corrected chi connectivity index (χ2v) is 5.68. The molecule has 5 nitrogen and oxygen atoms in total. The van der Waals surface area contributed by atoms with Gasteiger partial charge in [0.2, 0.25) is 0 Å². The molecule has 0 aliphatic carbocycles. The molecule has 0 bridgehead atoms. The second kappa shape index (κ2) is 7.40. The Morgan fingerprint density at radius 3 is 2.50 bits per heavy atom. The maximum atomic E-state index is 12.2. The molecule has 1 aliphatic rings. The van der Waals surface area contributed by atoms with E-state index < -0.39 is 11.8 Å². The van der Waals surface area contributed by atoms with Crippen LogP contribution in [0.5, 0.6) is 0 Å². The van der Waals surface area contributed by atoms with E-state index in [4.69, 9.17) is 0 Å². The number of benzene rings is 1. The van der Waals surface area contributed by atoms with Crippen molar-refractivity contribution >= 4 is 17.5 Å². The van der Waals surface area contributed by atoms with Crippen LogP contribution in [0, 0.1) is 0 Å². The van der Waals surface area contributed by atoms with Crippen molar-refractivity contribution in [3.63, 3.8) is 0 Å². The number of aliphatic hydroxyl groups is 1. The van der Waals surface area contributed by atoms with Crippen molar-refractivity contribution in [1.29, 1.82) is 0 Å². The van der Waals surface area contributed by atoms with Gasteiger partial charge in [-0.3, -0.25) is 9.59 Å². The molecule has 0 atom stereocenters. The number of piperidine rings is 1. The number of hydrogen-bond acceptors (Lipinski definition) is 3. The van der Waals surface area contributed by atoms with Crippen LogP contribution in [0.2, 0.25) is 0 Å². The molecule has 2 rings (SSSR count). The fraction of sp³-hybridized carbons (Fsp3) is 0.529. The van der Waals surface area contributed by atoms with Crippen molar-refractivity contribution < 1.29 is 14.7 Å². The van der Waals surface area contributed by atoms with Gasteiger partial charge in [-0.05, 0) is 42.9 Å². The summed E-state index contributed by atoms with van der Waals surface area (Å²) in [5.74, 6) is -1.12. The van der Waals surface area contributed by atoms with E-state index in [9.17, 15) is 14.7 Å². The summed E-state index contributed by atoms with van der Waals surface area (Å²) in [5, 5.41) is 12.2. The lowest BCUT2D eigenvalue weighted by Crippen LogP contribution is -2.45. The van der Waals surface area contributed by atoms with Gasteiger partial charge in [-0.25, -0.2) is 0 Å². The van der Waals surface area contributed by atoms with Gasteiger partial charge in [0, 0.05) is 18.8 Å². The van der Waals surface area contributed by atoms with Gasteiger partial charge in [-0.2, -0.15) is 0 Å². The van der Waals surface area contributed by atoms with E-state index in [1.54, 1.807) is 0 Å². The molecule has 2 amide bonds. The third-order valence-electron chi connectivity index (χ3n) is 4.16. The molecule has 1 aromatic rings. The fourth-order valence-electron chi connectivity index (χ4n) is 2.66. The first-order valence-electron chi connectivity index (χ1n) is 7.95. The fourth-order valence-corrected chi connectivity index (χ4v) is 2.66. The number of carbonyl (C=O) groups is 2. The average Bonchev–Trinajstić information content (AvgIpc) is 2.54. The topological polar surface area (TPSA) is 69.6 Å². The average molecular weight is 304 g/mol. The zero-order valence-electron chi connectivity index (χ0n) is 13.3. The van der Waals surface area contributed by atoms with Crippen LogP contribution < -0.4 is 5.32 Å². The number of rotatable bonds is 3. The van der Waals surface area contributed by atoms with Crippen LogP contribution >= 0.6 is 0 Å². The molecule has 2 N–H and O–H groups in total. The van der Waals surface area contributed by atoms with Crippen LogP contribution in [0.15, 0.2) is 18.2 Å². The smallest absolute Gasteiger partial charge is 0.313 e. The molecular weight excluding hydrogens is 280 g/mol. The Morgan fingerprint density at radius 1 is 1.23 bits per heavy atom. The quantitative estimate of drug-likeness (QED) is 0.836. The Balaban J connectivity index is 2.06. The molecule has 0 saturated carbocycles. The van der Waals surface area contributed by atoms with Crippen LogP contribution in [-0.4, -0.2) is 41.0 Å². The predicted molar refractivity (Wildman–Crippen MR) is 85.6 cm³/mol. The Bertz CT molecular complexity index is 549. The largest absolute Gasteiger partial charge is 0.393 e. The molecule has 0 radical (unpaired) electrons. The van der Waals surface area contributed by atoms with E-state index in [-0.39, 0.29) is 6.10 Å². The van der Waals surface area contributed by atoms with E-state index in [0.717, 1.165) is 29.7 Å². The van der Waals surface area contributed by atoms with Crippen molar-refractivity contribution in [2.24, 2.45) is 0 Å². The zero-order chi connectivity index (χ0) is 16.1. The van der Waals surface area contributed by atoms with E-state index in [0.29, 0.717) is 25.9 Å². The van der Waals surface area contributed by atoms with Crippen molar-refractivity contribution in [1.82, 2.24) is 4.90 Å². The lowest BCUT2D eigenvalue weighted by molar-refractivity contribution is -0.144. The monoisotopic (exact) mass is 304 g/mol. The Kier molecular flexibility index (Phi) is 5.55. The summed E-state index contributed by atoms with van der Waals surface area (Å²) in [6.45, 7) is 4.94. The molecule has 1 heterocycles. The number of nitrogens with zero attached hydrogens (tertiary/aromatic N) is 1. The van der Waals surface area contributed by atoms with Crippen molar-refractivity contribution in [2.45, 2.75) is 45.6 Å². The Labute approximate surface area is 131 Å². The van der Waals surface area contributed by atoms with E-state index >= 15 is 0 Å². The second-order valence-electron chi connectivity index (χ2n) is 5.68. The minimum Gasteiger partial charge on any atom is -0.393 e. The van der Waals surface area contributed by atoms with Crippen LogP contribution in [0.25, 0.3) is 0 Å². The minimum absolute atomic E-state index is 0.361. The van der Waals surface area contributed by atoms with Crippen molar-refractivity contribution in [3.05, 3.63) is 29.3 Å². The highest BCUT2D eigenvalue weighted by atomic mass is 16.3. The number of carbonyl (C=O) groups excluding carboxylic acids is 2. The standard InChI is InChI=1S/C17H24N2O3/c1-3-12-5-6-13(4-2)15(11-12)18-16(21)17(22)19-9-7-14(20)8-10-19/h5-6,11,14,20H,3-4,7-10H2,1-2H3,(H,18,21). The lowest BCUT2D eigenvalue weighted by Gasteiger charge is -2.29. The summed E-state index contributed by atoms with van der Waals surface area (Å²) in [7, 11) is 0. The Morgan fingerprint density at radius 2 is 1.91 bits per heavy atom. The maximum Gasteiger partial charge on any atom is 0.313 e.